The van der Waals surface area contributed by atoms with Crippen molar-refractivity contribution < 1.29 is 4.79 Å². The lowest BCUT2D eigenvalue weighted by Gasteiger charge is -2.23. The summed E-state index contributed by atoms with van der Waals surface area (Å²) in [7, 11) is 1.57. The van der Waals surface area contributed by atoms with Gasteiger partial charge in [0, 0.05) is 19.6 Å². The van der Waals surface area contributed by atoms with Crippen molar-refractivity contribution in [2.45, 2.75) is 18.9 Å². The minimum absolute atomic E-state index is 0.219. The molecule has 0 aliphatic carbocycles. The Morgan fingerprint density at radius 2 is 2.35 bits per heavy atom. The van der Waals surface area contributed by atoms with Crippen LogP contribution in [0.1, 0.15) is 23.3 Å². The van der Waals surface area contributed by atoms with E-state index >= 15 is 0 Å². The van der Waals surface area contributed by atoms with Gasteiger partial charge in [-0.15, -0.1) is 10.2 Å². The lowest BCUT2D eigenvalue weighted by molar-refractivity contribution is 0.0957. The van der Waals surface area contributed by atoms with E-state index in [2.05, 4.69) is 26.1 Å². The van der Waals surface area contributed by atoms with Gasteiger partial charge >= 0.3 is 0 Å². The van der Waals surface area contributed by atoms with Gasteiger partial charge in [-0.25, -0.2) is 0 Å². The summed E-state index contributed by atoms with van der Waals surface area (Å²) >= 11 is 0. The lowest BCUT2D eigenvalue weighted by atomic mass is 10.1. The maximum atomic E-state index is 11.3. The molecule has 6 nitrogen and oxygen atoms in total. The van der Waals surface area contributed by atoms with Gasteiger partial charge in [-0.1, -0.05) is 0 Å². The molecule has 1 aromatic rings. The number of amides is 1. The number of rotatable bonds is 3. The molecule has 0 saturated carbocycles. The predicted molar refractivity (Wildman–Crippen MR) is 64.9 cm³/mol. The van der Waals surface area contributed by atoms with E-state index in [9.17, 15) is 4.79 Å². The summed E-state index contributed by atoms with van der Waals surface area (Å²) in [5, 5.41) is 17.0. The fraction of sp³-hybridized carbons (Fsp3) is 0.545. The van der Waals surface area contributed by atoms with E-state index in [0.717, 1.165) is 19.5 Å². The molecule has 2 rings (SSSR count). The number of hydrogen-bond acceptors (Lipinski definition) is 5. The van der Waals surface area contributed by atoms with E-state index < -0.39 is 0 Å². The van der Waals surface area contributed by atoms with Gasteiger partial charge in [0.1, 0.15) is 5.82 Å². The minimum Gasteiger partial charge on any atom is -0.365 e. The Morgan fingerprint density at radius 1 is 1.47 bits per heavy atom. The van der Waals surface area contributed by atoms with Gasteiger partial charge in [0.2, 0.25) is 0 Å². The summed E-state index contributed by atoms with van der Waals surface area (Å²) in [6, 6.07) is 3.85. The summed E-state index contributed by atoms with van der Waals surface area (Å²) in [5.41, 5.74) is 0.333. The predicted octanol–water partition coefficient (Wildman–Crippen LogP) is 0.0001000. The maximum Gasteiger partial charge on any atom is 0.271 e. The van der Waals surface area contributed by atoms with E-state index in [-0.39, 0.29) is 5.91 Å². The fourth-order valence-electron chi connectivity index (χ4n) is 1.84. The fourth-order valence-corrected chi connectivity index (χ4v) is 1.84. The molecule has 1 amide bonds. The zero-order valence-corrected chi connectivity index (χ0v) is 9.86. The number of nitrogens with one attached hydrogen (secondary N) is 3. The van der Waals surface area contributed by atoms with Crippen molar-refractivity contribution in [1.29, 1.82) is 0 Å². The third-order valence-electron chi connectivity index (χ3n) is 2.77. The van der Waals surface area contributed by atoms with Gasteiger partial charge in [-0.3, -0.25) is 4.79 Å². The molecule has 3 N–H and O–H groups in total. The molecule has 0 aromatic carbocycles. The highest BCUT2D eigenvalue weighted by Gasteiger charge is 2.13. The number of carbonyl (C=O) groups is 1. The molecule has 1 aromatic heterocycles. The van der Waals surface area contributed by atoms with Gasteiger partial charge < -0.3 is 16.0 Å². The van der Waals surface area contributed by atoms with Crippen molar-refractivity contribution >= 4 is 11.7 Å². The minimum atomic E-state index is -0.219. The second-order valence-electron chi connectivity index (χ2n) is 4.07. The summed E-state index contributed by atoms with van der Waals surface area (Å²) in [6.07, 6.45) is 2.30. The monoisotopic (exact) mass is 235 g/mol. The Kier molecular flexibility index (Phi) is 3.87. The summed E-state index contributed by atoms with van der Waals surface area (Å²) in [6.45, 7) is 2.03. The number of piperidine rings is 1. The van der Waals surface area contributed by atoms with Crippen LogP contribution in [0.3, 0.4) is 0 Å². The molecule has 1 unspecified atom stereocenters. The molecule has 1 aliphatic rings. The van der Waals surface area contributed by atoms with Crippen molar-refractivity contribution in [3.8, 4) is 0 Å². The van der Waals surface area contributed by atoms with Crippen LogP contribution in [0.15, 0.2) is 12.1 Å². The number of aromatic nitrogens is 2. The quantitative estimate of drug-likeness (QED) is 0.687. The normalized spacial score (nSPS) is 19.7. The first kappa shape index (κ1) is 11.8. The molecule has 1 atom stereocenters. The Morgan fingerprint density at radius 3 is 2.94 bits per heavy atom. The van der Waals surface area contributed by atoms with Crippen molar-refractivity contribution in [2.24, 2.45) is 0 Å². The van der Waals surface area contributed by atoms with Crippen LogP contribution in [0.4, 0.5) is 5.82 Å². The Labute approximate surface area is 100 Å². The molecule has 1 fully saturated rings. The average Bonchev–Trinajstić information content (AvgIpc) is 2.40. The van der Waals surface area contributed by atoms with Crippen molar-refractivity contribution in [2.75, 3.05) is 25.5 Å². The molecule has 92 valence electrons. The van der Waals surface area contributed by atoms with Crippen LogP contribution in [-0.2, 0) is 0 Å². The van der Waals surface area contributed by atoms with Crippen LogP contribution < -0.4 is 16.0 Å². The number of nitrogens with zero attached hydrogens (tertiary/aromatic N) is 2. The van der Waals surface area contributed by atoms with Crippen LogP contribution in [0, 0.1) is 0 Å². The Bertz CT molecular complexity index is 372. The smallest absolute Gasteiger partial charge is 0.271 e. The third kappa shape index (κ3) is 3.13. The van der Waals surface area contributed by atoms with Crippen LogP contribution in [0.2, 0.25) is 0 Å². The number of carbonyl (C=O) groups excluding carboxylic acids is 1. The van der Waals surface area contributed by atoms with Crippen LogP contribution in [0.5, 0.6) is 0 Å². The van der Waals surface area contributed by atoms with E-state index in [1.807, 2.05) is 0 Å². The molecule has 0 bridgehead atoms. The summed E-state index contributed by atoms with van der Waals surface area (Å²) < 4.78 is 0. The molecule has 1 aliphatic heterocycles. The average molecular weight is 235 g/mol. The maximum absolute atomic E-state index is 11.3. The van der Waals surface area contributed by atoms with Crippen molar-refractivity contribution in [3.63, 3.8) is 0 Å². The highest BCUT2D eigenvalue weighted by atomic mass is 16.1. The number of anilines is 1. The topological polar surface area (TPSA) is 78.9 Å². The molecular formula is C11H17N5O. The molecule has 6 heteroatoms. The molecular weight excluding hydrogens is 218 g/mol. The summed E-state index contributed by atoms with van der Waals surface area (Å²) in [5.74, 6) is 0.495. The number of hydrogen-bond donors (Lipinski definition) is 3. The van der Waals surface area contributed by atoms with Gasteiger partial charge in [0.05, 0.1) is 0 Å². The highest BCUT2D eigenvalue weighted by molar-refractivity contribution is 5.91. The Hall–Kier alpha value is -1.69. The van der Waals surface area contributed by atoms with E-state index in [4.69, 9.17) is 0 Å². The van der Waals surface area contributed by atoms with Crippen LogP contribution in [0.25, 0.3) is 0 Å². The first-order chi connectivity index (χ1) is 8.29. The van der Waals surface area contributed by atoms with Gasteiger partial charge in [0.15, 0.2) is 5.69 Å². The van der Waals surface area contributed by atoms with Crippen molar-refractivity contribution in [3.05, 3.63) is 17.8 Å². The standard InChI is InChI=1S/C11H17N5O/c1-12-11(17)9-4-5-10(16-15-9)14-8-3-2-6-13-7-8/h4-5,8,13H,2-3,6-7H2,1H3,(H,12,17)(H,14,16). The Balaban J connectivity index is 1.95. The highest BCUT2D eigenvalue weighted by Crippen LogP contribution is 2.09. The largest absolute Gasteiger partial charge is 0.365 e. The van der Waals surface area contributed by atoms with Gasteiger partial charge in [-0.05, 0) is 31.5 Å². The SMILES string of the molecule is CNC(=O)c1ccc(NC2CCCNC2)nn1. The summed E-state index contributed by atoms with van der Waals surface area (Å²) in [4.78, 5) is 11.3. The second kappa shape index (κ2) is 5.58. The molecule has 1 saturated heterocycles. The van der Waals surface area contributed by atoms with E-state index in [1.54, 1.807) is 19.2 Å². The first-order valence-corrected chi connectivity index (χ1v) is 5.82. The lowest BCUT2D eigenvalue weighted by Crippen LogP contribution is -2.38. The molecule has 0 radical (unpaired) electrons. The van der Waals surface area contributed by atoms with Crippen LogP contribution in [-0.4, -0.2) is 42.3 Å². The van der Waals surface area contributed by atoms with Gasteiger partial charge in [-0.2, -0.15) is 0 Å². The molecule has 2 heterocycles. The zero-order chi connectivity index (χ0) is 12.1. The molecule has 17 heavy (non-hydrogen) atoms. The molecule has 0 spiro atoms. The zero-order valence-electron chi connectivity index (χ0n) is 9.86. The van der Waals surface area contributed by atoms with E-state index in [1.165, 1.54) is 6.42 Å². The van der Waals surface area contributed by atoms with Crippen LogP contribution >= 0.6 is 0 Å². The van der Waals surface area contributed by atoms with Crippen molar-refractivity contribution in [1.82, 2.24) is 20.8 Å². The second-order valence-corrected chi connectivity index (χ2v) is 4.07. The first-order valence-electron chi connectivity index (χ1n) is 5.82. The third-order valence-corrected chi connectivity index (χ3v) is 2.77. The van der Waals surface area contributed by atoms with E-state index in [0.29, 0.717) is 17.6 Å². The van der Waals surface area contributed by atoms with Gasteiger partial charge in [0.25, 0.3) is 5.91 Å².